The van der Waals surface area contributed by atoms with Crippen LogP contribution in [0.3, 0.4) is 0 Å². The van der Waals surface area contributed by atoms with Crippen LogP contribution in [0.1, 0.15) is 60.2 Å². The zero-order valence-corrected chi connectivity index (χ0v) is 17.4. The van der Waals surface area contributed by atoms with Crippen LogP contribution in [0, 0.1) is 13.8 Å². The van der Waals surface area contributed by atoms with Crippen LogP contribution in [0.4, 0.5) is 0 Å². The Hall–Kier alpha value is -2.28. The highest BCUT2D eigenvalue weighted by Gasteiger charge is 2.27. The molecule has 0 aliphatic carbocycles. The summed E-state index contributed by atoms with van der Waals surface area (Å²) in [5, 5.41) is 4.52. The Morgan fingerprint density at radius 1 is 1.32 bits per heavy atom. The molecule has 7 nitrogen and oxygen atoms in total. The molecule has 2 aromatic rings. The molecule has 4 heterocycles. The number of fused-ring (bicyclic) bond motifs is 1. The van der Waals surface area contributed by atoms with E-state index in [1.54, 1.807) is 0 Å². The van der Waals surface area contributed by atoms with Crippen molar-refractivity contribution in [1.29, 1.82) is 0 Å². The maximum atomic E-state index is 12.9. The molecule has 28 heavy (non-hydrogen) atoms. The summed E-state index contributed by atoms with van der Waals surface area (Å²) in [6.07, 6.45) is 4.35. The second-order valence-electron chi connectivity index (χ2n) is 8.44. The maximum Gasteiger partial charge on any atom is 0.225 e. The van der Waals surface area contributed by atoms with Gasteiger partial charge in [0.15, 0.2) is 0 Å². The van der Waals surface area contributed by atoms with Crippen molar-refractivity contribution >= 4 is 5.91 Å². The Labute approximate surface area is 166 Å². The first kappa shape index (κ1) is 19.1. The van der Waals surface area contributed by atoms with Crippen molar-refractivity contribution in [1.82, 2.24) is 29.5 Å². The van der Waals surface area contributed by atoms with Crippen LogP contribution in [0.15, 0.2) is 12.3 Å². The fourth-order valence-electron chi connectivity index (χ4n) is 4.45. The summed E-state index contributed by atoms with van der Waals surface area (Å²) in [5.74, 6) is 1.59. The van der Waals surface area contributed by atoms with Crippen molar-refractivity contribution in [2.24, 2.45) is 0 Å². The van der Waals surface area contributed by atoms with Crippen molar-refractivity contribution in [2.75, 3.05) is 26.7 Å². The monoisotopic (exact) mass is 382 g/mol. The Morgan fingerprint density at radius 3 is 2.82 bits per heavy atom. The van der Waals surface area contributed by atoms with E-state index < -0.39 is 0 Å². The molecule has 0 unspecified atom stereocenters. The summed E-state index contributed by atoms with van der Waals surface area (Å²) < 4.78 is 1.96. The smallest absolute Gasteiger partial charge is 0.225 e. The number of carbonyl (C=O) groups is 1. The van der Waals surface area contributed by atoms with Gasteiger partial charge in [-0.3, -0.25) is 9.48 Å². The van der Waals surface area contributed by atoms with E-state index in [1.807, 2.05) is 29.6 Å². The van der Waals surface area contributed by atoms with Crippen LogP contribution in [0.25, 0.3) is 0 Å². The van der Waals surface area contributed by atoms with Gasteiger partial charge in [0, 0.05) is 55.8 Å². The minimum absolute atomic E-state index is 0.0561. The lowest BCUT2D eigenvalue weighted by Gasteiger charge is -2.29. The van der Waals surface area contributed by atoms with E-state index in [0.717, 1.165) is 60.9 Å². The van der Waals surface area contributed by atoms with E-state index in [4.69, 9.17) is 4.98 Å². The third-order valence-electron chi connectivity index (χ3n) is 5.99. The number of nitrogens with zero attached hydrogens (tertiary/aromatic N) is 6. The molecular formula is C21H30N6O. The lowest BCUT2D eigenvalue weighted by Crippen LogP contribution is -2.37. The Balaban J connectivity index is 1.40. The van der Waals surface area contributed by atoms with Crippen molar-refractivity contribution in [3.63, 3.8) is 0 Å². The lowest BCUT2D eigenvalue weighted by molar-refractivity contribution is -0.133. The summed E-state index contributed by atoms with van der Waals surface area (Å²) in [7, 11) is 2.15. The minimum Gasteiger partial charge on any atom is -0.338 e. The van der Waals surface area contributed by atoms with Gasteiger partial charge in [0.25, 0.3) is 0 Å². The summed E-state index contributed by atoms with van der Waals surface area (Å²) in [6.45, 7) is 9.57. The SMILES string of the molecule is Cc1cc(C)n([C@@H](C)CC(=O)N2CCc3nc([C@@H]4CCN(C)C4)ncc3C2)n1. The zero-order chi connectivity index (χ0) is 19.8. The molecule has 2 aliphatic heterocycles. The highest BCUT2D eigenvalue weighted by molar-refractivity contribution is 5.76. The molecule has 2 aromatic heterocycles. The number of rotatable bonds is 4. The van der Waals surface area contributed by atoms with Crippen LogP contribution in [-0.2, 0) is 17.8 Å². The standard InChI is InChI=1S/C21H30N6O/c1-14-9-15(2)27(24-14)16(3)10-20(28)26-8-6-19-18(13-26)11-22-21(23-19)17-5-7-25(4)12-17/h9,11,16-17H,5-8,10,12-13H2,1-4H3/t16-,17+/m0/s1. The van der Waals surface area contributed by atoms with Gasteiger partial charge in [-0.25, -0.2) is 9.97 Å². The molecule has 2 aliphatic rings. The van der Waals surface area contributed by atoms with Crippen molar-refractivity contribution < 1.29 is 4.79 Å². The largest absolute Gasteiger partial charge is 0.338 e. The summed E-state index contributed by atoms with van der Waals surface area (Å²) in [6, 6.07) is 2.11. The first-order valence-corrected chi connectivity index (χ1v) is 10.2. The normalized spacial score (nSPS) is 21.0. The van der Waals surface area contributed by atoms with Crippen LogP contribution < -0.4 is 0 Å². The molecule has 1 fully saturated rings. The van der Waals surface area contributed by atoms with Crippen LogP contribution in [0.2, 0.25) is 0 Å². The minimum atomic E-state index is 0.0561. The maximum absolute atomic E-state index is 12.9. The van der Waals surface area contributed by atoms with Gasteiger partial charge < -0.3 is 9.80 Å². The van der Waals surface area contributed by atoms with Gasteiger partial charge in [0.05, 0.1) is 17.4 Å². The summed E-state index contributed by atoms with van der Waals surface area (Å²) in [5.41, 5.74) is 4.30. The van der Waals surface area contributed by atoms with E-state index in [-0.39, 0.29) is 11.9 Å². The van der Waals surface area contributed by atoms with E-state index in [2.05, 4.69) is 35.0 Å². The van der Waals surface area contributed by atoms with E-state index in [0.29, 0.717) is 18.9 Å². The molecule has 4 rings (SSSR count). The Kier molecular flexibility index (Phi) is 5.19. The Morgan fingerprint density at radius 2 is 2.14 bits per heavy atom. The average Bonchev–Trinajstić information content (AvgIpc) is 3.25. The van der Waals surface area contributed by atoms with Crippen molar-refractivity contribution in [2.45, 2.75) is 58.5 Å². The van der Waals surface area contributed by atoms with E-state index in [9.17, 15) is 4.79 Å². The number of likely N-dealkylation sites (tertiary alicyclic amines) is 1. The number of hydrogen-bond acceptors (Lipinski definition) is 5. The van der Waals surface area contributed by atoms with Crippen LogP contribution in [0.5, 0.6) is 0 Å². The van der Waals surface area contributed by atoms with Gasteiger partial charge in [-0.1, -0.05) is 0 Å². The zero-order valence-electron chi connectivity index (χ0n) is 17.4. The van der Waals surface area contributed by atoms with Gasteiger partial charge in [0.2, 0.25) is 5.91 Å². The van der Waals surface area contributed by atoms with Gasteiger partial charge in [0.1, 0.15) is 5.82 Å². The molecule has 0 bridgehead atoms. The molecule has 0 saturated carbocycles. The highest BCUT2D eigenvalue weighted by atomic mass is 16.2. The molecule has 0 aromatic carbocycles. The highest BCUT2D eigenvalue weighted by Crippen LogP contribution is 2.26. The van der Waals surface area contributed by atoms with Gasteiger partial charge in [-0.15, -0.1) is 0 Å². The van der Waals surface area contributed by atoms with Gasteiger partial charge in [-0.2, -0.15) is 5.10 Å². The summed E-state index contributed by atoms with van der Waals surface area (Å²) in [4.78, 5) is 26.6. The lowest BCUT2D eigenvalue weighted by atomic mass is 10.0. The fourth-order valence-corrected chi connectivity index (χ4v) is 4.45. The Bertz CT molecular complexity index is 876. The molecule has 0 N–H and O–H groups in total. The van der Waals surface area contributed by atoms with Crippen LogP contribution in [-0.4, -0.2) is 62.1 Å². The second kappa shape index (κ2) is 7.62. The van der Waals surface area contributed by atoms with E-state index in [1.165, 1.54) is 0 Å². The second-order valence-corrected chi connectivity index (χ2v) is 8.44. The number of hydrogen-bond donors (Lipinski definition) is 0. The number of amides is 1. The average molecular weight is 383 g/mol. The fraction of sp³-hybridized carbons (Fsp3) is 0.619. The molecule has 1 saturated heterocycles. The molecule has 1 amide bonds. The van der Waals surface area contributed by atoms with Crippen molar-refractivity contribution in [3.8, 4) is 0 Å². The first-order valence-electron chi connectivity index (χ1n) is 10.2. The third-order valence-corrected chi connectivity index (χ3v) is 5.99. The van der Waals surface area contributed by atoms with Gasteiger partial charge in [-0.05, 0) is 46.9 Å². The topological polar surface area (TPSA) is 67.2 Å². The quantitative estimate of drug-likeness (QED) is 0.811. The molecule has 2 atom stereocenters. The first-order chi connectivity index (χ1) is 13.4. The number of aromatic nitrogens is 4. The summed E-state index contributed by atoms with van der Waals surface area (Å²) >= 11 is 0. The molecule has 0 radical (unpaired) electrons. The van der Waals surface area contributed by atoms with Crippen molar-refractivity contribution in [3.05, 3.63) is 40.7 Å². The molecular weight excluding hydrogens is 352 g/mol. The number of carbonyl (C=O) groups excluding carboxylic acids is 1. The molecule has 150 valence electrons. The predicted molar refractivity (Wildman–Crippen MR) is 107 cm³/mol. The number of likely N-dealkylation sites (N-methyl/N-ethyl adjacent to an activating group) is 1. The predicted octanol–water partition coefficient (Wildman–Crippen LogP) is 2.25. The van der Waals surface area contributed by atoms with Gasteiger partial charge >= 0.3 is 0 Å². The third kappa shape index (κ3) is 3.81. The van der Waals surface area contributed by atoms with E-state index >= 15 is 0 Å². The van der Waals surface area contributed by atoms with Crippen LogP contribution >= 0.6 is 0 Å². The molecule has 7 heteroatoms. The number of aryl methyl sites for hydroxylation is 2. The molecule has 0 spiro atoms.